The van der Waals surface area contributed by atoms with Crippen molar-refractivity contribution in [3.8, 4) is 5.75 Å². The van der Waals surface area contributed by atoms with Crippen molar-refractivity contribution < 1.29 is 9.53 Å². The highest BCUT2D eigenvalue weighted by Crippen LogP contribution is 2.39. The molecule has 2 heterocycles. The summed E-state index contributed by atoms with van der Waals surface area (Å²) >= 11 is 0. The fourth-order valence-corrected chi connectivity index (χ4v) is 3.43. The minimum absolute atomic E-state index is 0.0534. The standard InChI is InChI=1S/C19H24N2O2/c1-4-13-12-21(2)11-10-14(13)8-9-16-15-6-5-7-17(23-3)18(15)20-19(16)22/h5-9,13H,4,10-12H2,1-3H3,(H,20,22)/t13-/m0/s1. The number of piperidine rings is 1. The molecule has 0 unspecified atom stereocenters. The average molecular weight is 312 g/mol. The molecule has 1 amide bonds. The Bertz CT molecular complexity index is 676. The van der Waals surface area contributed by atoms with E-state index in [1.165, 1.54) is 5.57 Å². The van der Waals surface area contributed by atoms with E-state index < -0.39 is 0 Å². The van der Waals surface area contributed by atoms with Crippen molar-refractivity contribution in [2.75, 3.05) is 32.6 Å². The predicted octanol–water partition coefficient (Wildman–Crippen LogP) is 3.32. The summed E-state index contributed by atoms with van der Waals surface area (Å²) in [4.78, 5) is 14.7. The molecule has 2 aliphatic heterocycles. The number of carbonyl (C=O) groups excluding carboxylic acids is 1. The van der Waals surface area contributed by atoms with Gasteiger partial charge in [0.05, 0.1) is 12.8 Å². The number of methoxy groups -OCH3 is 1. The predicted molar refractivity (Wildman–Crippen MR) is 93.6 cm³/mol. The molecule has 3 rings (SSSR count). The van der Waals surface area contributed by atoms with E-state index in [4.69, 9.17) is 4.74 Å². The number of rotatable bonds is 3. The van der Waals surface area contributed by atoms with Crippen LogP contribution in [-0.2, 0) is 4.79 Å². The highest BCUT2D eigenvalue weighted by Gasteiger charge is 2.27. The van der Waals surface area contributed by atoms with Crippen molar-refractivity contribution in [3.05, 3.63) is 41.5 Å². The fraction of sp³-hybridized carbons (Fsp3) is 0.421. The lowest BCUT2D eigenvalue weighted by Crippen LogP contribution is -2.33. The fourth-order valence-electron chi connectivity index (χ4n) is 3.43. The van der Waals surface area contributed by atoms with E-state index in [0.717, 1.165) is 42.8 Å². The molecule has 122 valence electrons. The van der Waals surface area contributed by atoms with Crippen molar-refractivity contribution >= 4 is 17.2 Å². The molecule has 1 aromatic rings. The van der Waals surface area contributed by atoms with Crippen LogP contribution in [0.15, 0.2) is 35.9 Å². The molecule has 1 atom stereocenters. The summed E-state index contributed by atoms with van der Waals surface area (Å²) in [6, 6.07) is 5.75. The van der Waals surface area contributed by atoms with Gasteiger partial charge in [0.2, 0.25) is 0 Å². The van der Waals surface area contributed by atoms with Gasteiger partial charge in [0.25, 0.3) is 5.91 Å². The van der Waals surface area contributed by atoms with Crippen LogP contribution >= 0.6 is 0 Å². The highest BCUT2D eigenvalue weighted by molar-refractivity contribution is 6.32. The molecule has 1 aromatic carbocycles. The van der Waals surface area contributed by atoms with Gasteiger partial charge in [-0.2, -0.15) is 0 Å². The van der Waals surface area contributed by atoms with Gasteiger partial charge in [-0.1, -0.05) is 30.7 Å². The Labute approximate surface area is 137 Å². The molecule has 4 heteroatoms. The Kier molecular flexibility index (Phi) is 4.53. The third-order valence-corrected chi connectivity index (χ3v) is 4.81. The summed E-state index contributed by atoms with van der Waals surface area (Å²) in [7, 11) is 3.79. The lowest BCUT2D eigenvalue weighted by molar-refractivity contribution is -0.110. The van der Waals surface area contributed by atoms with E-state index in [0.29, 0.717) is 11.7 Å². The van der Waals surface area contributed by atoms with Crippen LogP contribution in [0.5, 0.6) is 5.75 Å². The van der Waals surface area contributed by atoms with Crippen molar-refractivity contribution in [1.29, 1.82) is 0 Å². The first-order valence-electron chi connectivity index (χ1n) is 8.22. The van der Waals surface area contributed by atoms with Crippen molar-refractivity contribution in [2.24, 2.45) is 5.92 Å². The third kappa shape index (κ3) is 3.04. The van der Waals surface area contributed by atoms with Crippen molar-refractivity contribution in [2.45, 2.75) is 19.8 Å². The SMILES string of the molecule is CC[C@H]1CN(C)CCC1=CC=C1C(=O)Nc2c(OC)cccc21. The lowest BCUT2D eigenvalue weighted by Gasteiger charge is -2.31. The quantitative estimate of drug-likeness (QED) is 0.871. The number of hydrogen-bond donors (Lipinski definition) is 1. The topological polar surface area (TPSA) is 41.6 Å². The molecular weight excluding hydrogens is 288 g/mol. The van der Waals surface area contributed by atoms with Gasteiger partial charge in [0, 0.05) is 24.2 Å². The Morgan fingerprint density at radius 3 is 2.96 bits per heavy atom. The largest absolute Gasteiger partial charge is 0.495 e. The van der Waals surface area contributed by atoms with Crippen molar-refractivity contribution in [3.63, 3.8) is 0 Å². The first-order valence-corrected chi connectivity index (χ1v) is 8.22. The maximum atomic E-state index is 12.3. The molecule has 1 fully saturated rings. The number of nitrogens with one attached hydrogen (secondary N) is 1. The first-order chi connectivity index (χ1) is 11.1. The summed E-state index contributed by atoms with van der Waals surface area (Å²) < 4.78 is 5.33. The number of likely N-dealkylation sites (tertiary alicyclic amines) is 1. The van der Waals surface area contributed by atoms with Crippen LogP contribution in [0, 0.1) is 5.92 Å². The number of nitrogens with zero attached hydrogens (tertiary/aromatic N) is 1. The number of benzene rings is 1. The molecule has 4 nitrogen and oxygen atoms in total. The monoisotopic (exact) mass is 312 g/mol. The number of ether oxygens (including phenoxy) is 1. The van der Waals surface area contributed by atoms with E-state index >= 15 is 0 Å². The molecule has 1 N–H and O–H groups in total. The molecule has 0 aromatic heterocycles. The van der Waals surface area contributed by atoms with Crippen LogP contribution in [0.25, 0.3) is 5.57 Å². The van der Waals surface area contributed by atoms with Gasteiger partial charge in [-0.25, -0.2) is 0 Å². The molecule has 0 saturated carbocycles. The number of allylic oxidation sites excluding steroid dienone is 2. The zero-order valence-electron chi connectivity index (χ0n) is 14.1. The lowest BCUT2D eigenvalue weighted by atomic mass is 9.89. The smallest absolute Gasteiger partial charge is 0.256 e. The van der Waals surface area contributed by atoms with Gasteiger partial charge in [0.1, 0.15) is 5.75 Å². The van der Waals surface area contributed by atoms with Crippen LogP contribution in [0.4, 0.5) is 5.69 Å². The molecule has 0 aliphatic carbocycles. The number of carbonyl (C=O) groups is 1. The summed E-state index contributed by atoms with van der Waals surface area (Å²) in [5.41, 5.74) is 3.87. The van der Waals surface area contributed by atoms with Gasteiger partial charge in [0.15, 0.2) is 0 Å². The Hall–Kier alpha value is -2.07. The summed E-state index contributed by atoms with van der Waals surface area (Å²) in [6.07, 6.45) is 6.34. The highest BCUT2D eigenvalue weighted by atomic mass is 16.5. The summed E-state index contributed by atoms with van der Waals surface area (Å²) in [5, 5.41) is 2.92. The van der Waals surface area contributed by atoms with Crippen LogP contribution in [0.1, 0.15) is 25.3 Å². The zero-order valence-corrected chi connectivity index (χ0v) is 14.1. The van der Waals surface area contributed by atoms with Gasteiger partial charge in [-0.05, 0) is 37.9 Å². The molecule has 23 heavy (non-hydrogen) atoms. The molecule has 2 aliphatic rings. The second kappa shape index (κ2) is 6.59. The maximum Gasteiger partial charge on any atom is 0.256 e. The maximum absolute atomic E-state index is 12.3. The molecule has 0 spiro atoms. The number of amides is 1. The van der Waals surface area contributed by atoms with Gasteiger partial charge >= 0.3 is 0 Å². The zero-order chi connectivity index (χ0) is 16.4. The van der Waals surface area contributed by atoms with E-state index in [2.05, 4.69) is 30.3 Å². The molecule has 0 radical (unpaired) electrons. The Morgan fingerprint density at radius 2 is 2.22 bits per heavy atom. The van der Waals surface area contributed by atoms with Crippen LogP contribution in [-0.4, -0.2) is 38.1 Å². The van der Waals surface area contributed by atoms with E-state index in [-0.39, 0.29) is 5.91 Å². The van der Waals surface area contributed by atoms with Gasteiger partial charge in [-0.15, -0.1) is 0 Å². The van der Waals surface area contributed by atoms with E-state index in [1.807, 2.05) is 24.3 Å². The van der Waals surface area contributed by atoms with Crippen LogP contribution < -0.4 is 10.1 Å². The Balaban J connectivity index is 1.92. The molecular formula is C19H24N2O2. The summed E-state index contributed by atoms with van der Waals surface area (Å²) in [5.74, 6) is 1.24. The summed E-state index contributed by atoms with van der Waals surface area (Å²) in [6.45, 7) is 4.41. The number of hydrogen-bond acceptors (Lipinski definition) is 3. The average Bonchev–Trinajstić information content (AvgIpc) is 2.89. The number of anilines is 1. The van der Waals surface area contributed by atoms with Gasteiger partial charge < -0.3 is 15.0 Å². The van der Waals surface area contributed by atoms with E-state index in [9.17, 15) is 4.79 Å². The van der Waals surface area contributed by atoms with Crippen LogP contribution in [0.2, 0.25) is 0 Å². The minimum atomic E-state index is -0.0534. The van der Waals surface area contributed by atoms with Crippen molar-refractivity contribution in [1.82, 2.24) is 4.90 Å². The number of fused-ring (bicyclic) bond motifs is 1. The van der Waals surface area contributed by atoms with Gasteiger partial charge in [-0.3, -0.25) is 4.79 Å². The third-order valence-electron chi connectivity index (χ3n) is 4.81. The first kappa shape index (κ1) is 15.8. The second-order valence-electron chi connectivity index (χ2n) is 6.28. The minimum Gasteiger partial charge on any atom is -0.495 e. The molecule has 0 bridgehead atoms. The normalized spacial score (nSPS) is 24.8. The van der Waals surface area contributed by atoms with E-state index in [1.54, 1.807) is 7.11 Å². The second-order valence-corrected chi connectivity index (χ2v) is 6.28. The van der Waals surface area contributed by atoms with Crippen LogP contribution in [0.3, 0.4) is 0 Å². The molecule has 1 saturated heterocycles. The number of para-hydroxylation sites is 1. The Morgan fingerprint density at radius 1 is 1.39 bits per heavy atom.